The van der Waals surface area contributed by atoms with E-state index in [-0.39, 0.29) is 17.5 Å². The van der Waals surface area contributed by atoms with E-state index in [2.05, 4.69) is 0 Å². The van der Waals surface area contributed by atoms with Gasteiger partial charge in [0.05, 0.1) is 10.9 Å². The smallest absolute Gasteiger partial charge is 0.352 e. The summed E-state index contributed by atoms with van der Waals surface area (Å²) in [5.41, 5.74) is 1.47. The molecule has 1 aliphatic heterocycles. The molecule has 0 saturated carbocycles. The zero-order chi connectivity index (χ0) is 23.3. The Morgan fingerprint density at radius 2 is 1.72 bits per heavy atom. The quantitative estimate of drug-likeness (QED) is 0.586. The number of sulfonamides is 1. The summed E-state index contributed by atoms with van der Waals surface area (Å²) >= 11 is 0. The summed E-state index contributed by atoms with van der Waals surface area (Å²) in [6.45, 7) is 4.88. The number of hydrogen-bond donors (Lipinski definition) is 0. The lowest BCUT2D eigenvalue weighted by Gasteiger charge is -2.39. The van der Waals surface area contributed by atoms with Crippen LogP contribution in [0.25, 0.3) is 0 Å². The maximum absolute atomic E-state index is 13.4. The van der Waals surface area contributed by atoms with Gasteiger partial charge in [0.15, 0.2) is 0 Å². The summed E-state index contributed by atoms with van der Waals surface area (Å²) < 4.78 is 38.9. The van der Waals surface area contributed by atoms with Crippen molar-refractivity contribution in [3.63, 3.8) is 0 Å². The SMILES string of the molecule is CC(=O)O[C@H](C(=O)OC[C@H]1CCC[C@@H](C)N1S(=O)(=O)c1ccc(C)cc1)c1ccccc1. The average Bonchev–Trinajstić information content (AvgIpc) is 2.76. The third kappa shape index (κ3) is 5.55. The molecular formula is C24H29NO6S. The summed E-state index contributed by atoms with van der Waals surface area (Å²) in [6.07, 6.45) is 0.939. The fraction of sp³-hybridized carbons (Fsp3) is 0.417. The van der Waals surface area contributed by atoms with Crippen molar-refractivity contribution in [3.05, 3.63) is 65.7 Å². The molecule has 32 heavy (non-hydrogen) atoms. The van der Waals surface area contributed by atoms with Gasteiger partial charge in [-0.1, -0.05) is 54.4 Å². The highest BCUT2D eigenvalue weighted by Gasteiger charge is 2.39. The molecular weight excluding hydrogens is 430 g/mol. The molecule has 3 atom stereocenters. The Balaban J connectivity index is 1.78. The van der Waals surface area contributed by atoms with Crippen LogP contribution in [0.4, 0.5) is 0 Å². The molecule has 1 saturated heterocycles. The van der Waals surface area contributed by atoms with E-state index < -0.39 is 34.1 Å². The molecule has 1 fully saturated rings. The van der Waals surface area contributed by atoms with Gasteiger partial charge in [-0.05, 0) is 38.8 Å². The number of hydrogen-bond acceptors (Lipinski definition) is 6. The van der Waals surface area contributed by atoms with Gasteiger partial charge in [-0.15, -0.1) is 0 Å². The highest BCUT2D eigenvalue weighted by Crippen LogP contribution is 2.30. The van der Waals surface area contributed by atoms with E-state index in [0.29, 0.717) is 12.0 Å². The van der Waals surface area contributed by atoms with Crippen molar-refractivity contribution in [1.82, 2.24) is 4.31 Å². The maximum Gasteiger partial charge on any atom is 0.352 e. The van der Waals surface area contributed by atoms with E-state index in [1.54, 1.807) is 54.6 Å². The summed E-state index contributed by atoms with van der Waals surface area (Å²) in [5.74, 6) is -1.33. The standard InChI is InChI=1S/C24H29NO6S/c1-17-12-14-22(15-13-17)32(28,29)25-18(2)8-7-11-21(25)16-30-24(27)23(31-19(3)26)20-9-5-4-6-10-20/h4-6,9-10,12-15,18,21,23H,7-8,11,16H2,1-3H3/t18-,21-,23+/m1/s1. The first-order valence-electron chi connectivity index (χ1n) is 10.7. The Hall–Kier alpha value is -2.71. The number of aryl methyl sites for hydroxylation is 1. The highest BCUT2D eigenvalue weighted by molar-refractivity contribution is 7.89. The van der Waals surface area contributed by atoms with Crippen LogP contribution in [0, 0.1) is 6.92 Å². The van der Waals surface area contributed by atoms with Gasteiger partial charge in [0.1, 0.15) is 6.61 Å². The minimum atomic E-state index is -3.76. The average molecular weight is 460 g/mol. The lowest BCUT2D eigenvalue weighted by Crippen LogP contribution is -2.51. The Labute approximate surface area is 189 Å². The van der Waals surface area contributed by atoms with Crippen molar-refractivity contribution in [3.8, 4) is 0 Å². The van der Waals surface area contributed by atoms with E-state index in [1.165, 1.54) is 11.2 Å². The van der Waals surface area contributed by atoms with Gasteiger partial charge in [-0.3, -0.25) is 4.79 Å². The molecule has 2 aromatic carbocycles. The molecule has 2 aromatic rings. The lowest BCUT2D eigenvalue weighted by atomic mass is 10.00. The molecule has 3 rings (SSSR count). The number of ether oxygens (including phenoxy) is 2. The van der Waals surface area contributed by atoms with Crippen LogP contribution in [-0.4, -0.2) is 43.4 Å². The monoisotopic (exact) mass is 459 g/mol. The van der Waals surface area contributed by atoms with Crippen molar-refractivity contribution < 1.29 is 27.5 Å². The number of nitrogens with zero attached hydrogens (tertiary/aromatic N) is 1. The number of carbonyl (C=O) groups excluding carboxylic acids is 2. The number of carbonyl (C=O) groups is 2. The molecule has 0 aromatic heterocycles. The normalized spacial score (nSPS) is 20.3. The summed E-state index contributed by atoms with van der Waals surface area (Å²) in [4.78, 5) is 24.5. The molecule has 0 aliphatic carbocycles. The second-order valence-corrected chi connectivity index (χ2v) is 9.96. The van der Waals surface area contributed by atoms with Gasteiger partial charge in [0, 0.05) is 18.5 Å². The van der Waals surface area contributed by atoms with E-state index in [4.69, 9.17) is 9.47 Å². The fourth-order valence-electron chi connectivity index (χ4n) is 3.99. The second-order valence-electron chi connectivity index (χ2n) is 8.11. The molecule has 172 valence electrons. The van der Waals surface area contributed by atoms with Gasteiger partial charge in [0.2, 0.25) is 16.1 Å². The Morgan fingerprint density at radius 1 is 1.06 bits per heavy atom. The van der Waals surface area contributed by atoms with Crippen LogP contribution in [0.1, 0.15) is 50.3 Å². The second kappa shape index (κ2) is 10.3. The number of benzene rings is 2. The Morgan fingerprint density at radius 3 is 2.34 bits per heavy atom. The number of esters is 2. The minimum absolute atomic E-state index is 0.112. The molecule has 0 bridgehead atoms. The third-order valence-electron chi connectivity index (χ3n) is 5.57. The molecule has 0 amide bonds. The predicted molar refractivity (Wildman–Crippen MR) is 119 cm³/mol. The van der Waals surface area contributed by atoms with Crippen molar-refractivity contribution >= 4 is 22.0 Å². The van der Waals surface area contributed by atoms with Crippen LogP contribution in [0.5, 0.6) is 0 Å². The number of rotatable bonds is 7. The van der Waals surface area contributed by atoms with E-state index in [0.717, 1.165) is 18.4 Å². The lowest BCUT2D eigenvalue weighted by molar-refractivity contribution is -0.168. The first-order chi connectivity index (χ1) is 15.2. The number of piperidine rings is 1. The van der Waals surface area contributed by atoms with Crippen LogP contribution in [0.15, 0.2) is 59.5 Å². The van der Waals surface area contributed by atoms with Gasteiger partial charge in [0.25, 0.3) is 0 Å². The van der Waals surface area contributed by atoms with E-state index in [1.807, 2.05) is 13.8 Å². The van der Waals surface area contributed by atoms with Crippen LogP contribution in [0.3, 0.4) is 0 Å². The van der Waals surface area contributed by atoms with Crippen LogP contribution in [-0.2, 0) is 29.1 Å². The maximum atomic E-state index is 13.4. The highest BCUT2D eigenvalue weighted by atomic mass is 32.2. The van der Waals surface area contributed by atoms with Crippen LogP contribution >= 0.6 is 0 Å². The molecule has 0 unspecified atom stereocenters. The molecule has 8 heteroatoms. The summed E-state index contributed by atoms with van der Waals surface area (Å²) in [7, 11) is -3.76. The van der Waals surface area contributed by atoms with Crippen molar-refractivity contribution in [2.75, 3.05) is 6.61 Å². The molecule has 1 heterocycles. The van der Waals surface area contributed by atoms with Gasteiger partial charge in [-0.2, -0.15) is 4.31 Å². The summed E-state index contributed by atoms with van der Waals surface area (Å²) in [6, 6.07) is 14.6. The van der Waals surface area contributed by atoms with Crippen LogP contribution in [0.2, 0.25) is 0 Å². The third-order valence-corrected chi connectivity index (χ3v) is 7.65. The van der Waals surface area contributed by atoms with Crippen molar-refractivity contribution in [1.29, 1.82) is 0 Å². The summed E-state index contributed by atoms with van der Waals surface area (Å²) in [5, 5.41) is 0. The fourth-order valence-corrected chi connectivity index (χ4v) is 5.85. The zero-order valence-corrected chi connectivity index (χ0v) is 19.4. The van der Waals surface area contributed by atoms with E-state index in [9.17, 15) is 18.0 Å². The van der Waals surface area contributed by atoms with Gasteiger partial charge < -0.3 is 9.47 Å². The Bertz CT molecular complexity index is 1040. The molecule has 7 nitrogen and oxygen atoms in total. The first-order valence-corrected chi connectivity index (χ1v) is 12.1. The topological polar surface area (TPSA) is 90.0 Å². The first kappa shape index (κ1) is 23.9. The molecule has 0 spiro atoms. The molecule has 1 aliphatic rings. The molecule has 0 radical (unpaired) electrons. The van der Waals surface area contributed by atoms with E-state index >= 15 is 0 Å². The van der Waals surface area contributed by atoms with Crippen molar-refractivity contribution in [2.45, 2.75) is 63.1 Å². The Kier molecular flexibility index (Phi) is 7.69. The predicted octanol–water partition coefficient (Wildman–Crippen LogP) is 3.77. The van der Waals surface area contributed by atoms with Crippen LogP contribution < -0.4 is 0 Å². The van der Waals surface area contributed by atoms with Gasteiger partial charge >= 0.3 is 11.9 Å². The zero-order valence-electron chi connectivity index (χ0n) is 18.6. The van der Waals surface area contributed by atoms with Crippen molar-refractivity contribution in [2.24, 2.45) is 0 Å². The minimum Gasteiger partial charge on any atom is -0.461 e. The van der Waals surface area contributed by atoms with Gasteiger partial charge in [-0.25, -0.2) is 13.2 Å². The molecule has 0 N–H and O–H groups in total. The largest absolute Gasteiger partial charge is 0.461 e.